The minimum Gasteiger partial charge on any atom is -0.326 e. The second-order valence-electron chi connectivity index (χ2n) is 2.22. The standard InChI is InChI=1S/C7H7ClF2N2/c8-6-4(2-11)1-5(3-12-6)7(9)10/h1,3,7H,2,11H2. The van der Waals surface area contributed by atoms with Gasteiger partial charge in [0.05, 0.1) is 0 Å². The highest BCUT2D eigenvalue weighted by atomic mass is 35.5. The van der Waals surface area contributed by atoms with Crippen LogP contribution >= 0.6 is 11.6 Å². The van der Waals surface area contributed by atoms with E-state index in [9.17, 15) is 8.78 Å². The molecule has 0 saturated heterocycles. The Morgan fingerprint density at radius 1 is 1.58 bits per heavy atom. The van der Waals surface area contributed by atoms with E-state index in [2.05, 4.69) is 4.98 Å². The van der Waals surface area contributed by atoms with Crippen LogP contribution in [-0.4, -0.2) is 4.98 Å². The van der Waals surface area contributed by atoms with Gasteiger partial charge in [-0.15, -0.1) is 0 Å². The molecule has 12 heavy (non-hydrogen) atoms. The van der Waals surface area contributed by atoms with Gasteiger partial charge in [-0.1, -0.05) is 11.6 Å². The van der Waals surface area contributed by atoms with E-state index in [0.29, 0.717) is 5.56 Å². The third kappa shape index (κ3) is 1.89. The van der Waals surface area contributed by atoms with Crippen molar-refractivity contribution >= 4 is 11.6 Å². The van der Waals surface area contributed by atoms with Crippen molar-refractivity contribution < 1.29 is 8.78 Å². The fourth-order valence-corrected chi connectivity index (χ4v) is 0.955. The molecule has 0 aliphatic heterocycles. The van der Waals surface area contributed by atoms with Gasteiger partial charge in [0.15, 0.2) is 0 Å². The van der Waals surface area contributed by atoms with Crippen molar-refractivity contribution in [3.05, 3.63) is 28.5 Å². The van der Waals surface area contributed by atoms with Crippen molar-refractivity contribution in [3.8, 4) is 0 Å². The maximum atomic E-state index is 12.1. The van der Waals surface area contributed by atoms with E-state index in [-0.39, 0.29) is 17.3 Å². The minimum absolute atomic E-state index is 0.117. The Morgan fingerprint density at radius 2 is 2.25 bits per heavy atom. The molecule has 0 fully saturated rings. The minimum atomic E-state index is -2.53. The largest absolute Gasteiger partial charge is 0.326 e. The average Bonchev–Trinajstić information content (AvgIpc) is 2.05. The van der Waals surface area contributed by atoms with Crippen LogP contribution in [0.5, 0.6) is 0 Å². The Kier molecular flexibility index (Phi) is 2.94. The van der Waals surface area contributed by atoms with Crippen molar-refractivity contribution in [2.75, 3.05) is 0 Å². The van der Waals surface area contributed by atoms with Gasteiger partial charge in [-0.05, 0) is 6.07 Å². The number of hydrogen-bond donors (Lipinski definition) is 1. The van der Waals surface area contributed by atoms with Crippen LogP contribution in [0.4, 0.5) is 8.78 Å². The van der Waals surface area contributed by atoms with Gasteiger partial charge in [0.1, 0.15) is 5.15 Å². The summed E-state index contributed by atoms with van der Waals surface area (Å²) in [5.74, 6) is 0. The van der Waals surface area contributed by atoms with Crippen LogP contribution in [0.25, 0.3) is 0 Å². The number of aromatic nitrogens is 1. The molecule has 0 radical (unpaired) electrons. The Morgan fingerprint density at radius 3 is 2.75 bits per heavy atom. The molecule has 1 rings (SSSR count). The van der Waals surface area contributed by atoms with E-state index in [1.54, 1.807) is 0 Å². The van der Waals surface area contributed by atoms with Gasteiger partial charge in [-0.2, -0.15) is 0 Å². The summed E-state index contributed by atoms with van der Waals surface area (Å²) in [6.45, 7) is 0.117. The predicted octanol–water partition coefficient (Wildman–Crippen LogP) is 2.13. The summed E-state index contributed by atoms with van der Waals surface area (Å²) in [5.41, 5.74) is 5.54. The highest BCUT2D eigenvalue weighted by molar-refractivity contribution is 6.30. The molecule has 0 amide bonds. The molecule has 1 aromatic heterocycles. The normalized spacial score (nSPS) is 10.8. The van der Waals surface area contributed by atoms with E-state index < -0.39 is 6.43 Å². The van der Waals surface area contributed by atoms with E-state index in [1.165, 1.54) is 6.07 Å². The second kappa shape index (κ2) is 3.78. The maximum Gasteiger partial charge on any atom is 0.265 e. The molecule has 0 saturated carbocycles. The van der Waals surface area contributed by atoms with Crippen LogP contribution in [0.1, 0.15) is 17.6 Å². The smallest absolute Gasteiger partial charge is 0.265 e. The molecular formula is C7H7ClF2N2. The first-order valence-corrected chi connectivity index (χ1v) is 3.65. The van der Waals surface area contributed by atoms with E-state index in [0.717, 1.165) is 6.20 Å². The quantitative estimate of drug-likeness (QED) is 0.730. The molecule has 1 aromatic rings. The SMILES string of the molecule is NCc1cc(C(F)F)cnc1Cl. The lowest BCUT2D eigenvalue weighted by Crippen LogP contribution is -2.00. The number of halogens is 3. The van der Waals surface area contributed by atoms with Gasteiger partial charge in [0, 0.05) is 23.9 Å². The number of nitrogens with two attached hydrogens (primary N) is 1. The zero-order valence-electron chi connectivity index (χ0n) is 6.10. The van der Waals surface area contributed by atoms with E-state index >= 15 is 0 Å². The van der Waals surface area contributed by atoms with Gasteiger partial charge in [-0.25, -0.2) is 13.8 Å². The molecule has 66 valence electrons. The van der Waals surface area contributed by atoms with E-state index in [4.69, 9.17) is 17.3 Å². The summed E-state index contributed by atoms with van der Waals surface area (Å²) in [6, 6.07) is 1.26. The number of pyridine rings is 1. The third-order valence-electron chi connectivity index (χ3n) is 1.40. The van der Waals surface area contributed by atoms with Crippen LogP contribution in [-0.2, 0) is 6.54 Å². The summed E-state index contributed by atoms with van der Waals surface area (Å²) in [7, 11) is 0. The zero-order chi connectivity index (χ0) is 9.14. The summed E-state index contributed by atoms with van der Waals surface area (Å²) in [6.07, 6.45) is -1.48. The molecule has 5 heteroatoms. The Labute approximate surface area is 73.4 Å². The Hall–Kier alpha value is -0.740. The molecule has 0 spiro atoms. The van der Waals surface area contributed by atoms with Gasteiger partial charge >= 0.3 is 0 Å². The highest BCUT2D eigenvalue weighted by Gasteiger charge is 2.09. The van der Waals surface area contributed by atoms with E-state index in [1.807, 2.05) is 0 Å². The first-order valence-electron chi connectivity index (χ1n) is 3.27. The predicted molar refractivity (Wildman–Crippen MR) is 42.1 cm³/mol. The number of alkyl halides is 2. The summed E-state index contributed by atoms with van der Waals surface area (Å²) in [4.78, 5) is 3.58. The molecule has 2 nitrogen and oxygen atoms in total. The fraction of sp³-hybridized carbons (Fsp3) is 0.286. The van der Waals surface area contributed by atoms with Gasteiger partial charge < -0.3 is 5.73 Å². The topological polar surface area (TPSA) is 38.9 Å². The molecule has 1 heterocycles. The maximum absolute atomic E-state index is 12.1. The lowest BCUT2D eigenvalue weighted by atomic mass is 10.2. The molecule has 0 unspecified atom stereocenters. The number of nitrogens with zero attached hydrogens (tertiary/aromatic N) is 1. The van der Waals surface area contributed by atoms with Gasteiger partial charge in [-0.3, -0.25) is 0 Å². The van der Waals surface area contributed by atoms with Crippen molar-refractivity contribution in [2.45, 2.75) is 13.0 Å². The second-order valence-corrected chi connectivity index (χ2v) is 2.58. The highest BCUT2D eigenvalue weighted by Crippen LogP contribution is 2.21. The summed E-state index contributed by atoms with van der Waals surface area (Å²) < 4.78 is 24.2. The fourth-order valence-electron chi connectivity index (χ4n) is 0.775. The molecule has 0 atom stereocenters. The van der Waals surface area contributed by atoms with Crippen LogP contribution in [0, 0.1) is 0 Å². The monoisotopic (exact) mass is 192 g/mol. The number of rotatable bonds is 2. The van der Waals surface area contributed by atoms with Crippen LogP contribution in [0.2, 0.25) is 5.15 Å². The van der Waals surface area contributed by atoms with Crippen LogP contribution in [0.3, 0.4) is 0 Å². The van der Waals surface area contributed by atoms with Gasteiger partial charge in [0.25, 0.3) is 6.43 Å². The third-order valence-corrected chi connectivity index (χ3v) is 1.75. The van der Waals surface area contributed by atoms with Crippen molar-refractivity contribution in [2.24, 2.45) is 5.73 Å². The lowest BCUT2D eigenvalue weighted by molar-refractivity contribution is 0.151. The van der Waals surface area contributed by atoms with Crippen molar-refractivity contribution in [1.29, 1.82) is 0 Å². The Balaban J connectivity index is 3.05. The van der Waals surface area contributed by atoms with Crippen LogP contribution < -0.4 is 5.73 Å². The van der Waals surface area contributed by atoms with Crippen molar-refractivity contribution in [3.63, 3.8) is 0 Å². The Bertz CT molecular complexity index is 278. The number of hydrogen-bond acceptors (Lipinski definition) is 2. The first-order chi connectivity index (χ1) is 5.65. The van der Waals surface area contributed by atoms with Crippen molar-refractivity contribution in [1.82, 2.24) is 4.98 Å². The molecule has 0 aliphatic carbocycles. The molecular weight excluding hydrogens is 186 g/mol. The summed E-state index contributed by atoms with van der Waals surface area (Å²) >= 11 is 5.57. The lowest BCUT2D eigenvalue weighted by Gasteiger charge is -2.03. The average molecular weight is 193 g/mol. The molecule has 2 N–H and O–H groups in total. The molecule has 0 bridgehead atoms. The molecule has 0 aliphatic rings. The zero-order valence-corrected chi connectivity index (χ0v) is 6.85. The molecule has 0 aromatic carbocycles. The first kappa shape index (κ1) is 9.35. The summed E-state index contributed by atoms with van der Waals surface area (Å²) in [5, 5.41) is 0.182. The van der Waals surface area contributed by atoms with Gasteiger partial charge in [0.2, 0.25) is 0 Å². The van der Waals surface area contributed by atoms with Crippen LogP contribution in [0.15, 0.2) is 12.3 Å².